The predicted octanol–water partition coefficient (Wildman–Crippen LogP) is 0.815. The van der Waals surface area contributed by atoms with Crippen molar-refractivity contribution in [2.75, 3.05) is 0 Å². The maximum atomic E-state index is 11.8. The number of ether oxygens (including phenoxy) is 1. The van der Waals surface area contributed by atoms with Crippen molar-refractivity contribution in [1.82, 2.24) is 20.5 Å². The summed E-state index contributed by atoms with van der Waals surface area (Å²) in [4.78, 5) is 24.9. The number of H-pyrrole nitrogens is 2. The molecule has 7 heteroatoms. The highest BCUT2D eigenvalue weighted by Crippen LogP contribution is 2.19. The zero-order valence-corrected chi connectivity index (χ0v) is 11.3. The maximum Gasteiger partial charge on any atom is 0.341 e. The van der Waals surface area contributed by atoms with E-state index in [1.165, 1.54) is 0 Å². The second kappa shape index (κ2) is 6.05. The van der Waals surface area contributed by atoms with Crippen molar-refractivity contribution < 1.29 is 9.53 Å². The molecule has 0 spiro atoms. The fourth-order valence-electron chi connectivity index (χ4n) is 1.66. The summed E-state index contributed by atoms with van der Waals surface area (Å²) in [7, 11) is 0. The van der Waals surface area contributed by atoms with Crippen molar-refractivity contribution >= 4 is 5.91 Å². The Balaban J connectivity index is 2.03. The molecule has 2 aromatic rings. The van der Waals surface area contributed by atoms with Gasteiger partial charge in [0.2, 0.25) is 5.82 Å². The molecule has 1 aromatic heterocycles. The molecule has 20 heavy (non-hydrogen) atoms. The van der Waals surface area contributed by atoms with Crippen LogP contribution in [0.5, 0.6) is 5.75 Å². The quantitative estimate of drug-likeness (QED) is 0.752. The summed E-state index contributed by atoms with van der Waals surface area (Å²) >= 11 is 0. The second-order valence-electron chi connectivity index (χ2n) is 4.48. The normalized spacial score (nSPS) is 10.6. The first-order valence-corrected chi connectivity index (χ1v) is 6.23. The number of carbonyl (C=O) groups excluding carboxylic acids is 1. The highest BCUT2D eigenvalue weighted by atomic mass is 16.5. The van der Waals surface area contributed by atoms with Crippen LogP contribution < -0.4 is 15.7 Å². The Morgan fingerprint density at radius 2 is 2.15 bits per heavy atom. The van der Waals surface area contributed by atoms with E-state index >= 15 is 0 Å². The molecule has 2 rings (SSSR count). The number of amides is 1. The lowest BCUT2D eigenvalue weighted by molar-refractivity contribution is 0.0940. The van der Waals surface area contributed by atoms with Gasteiger partial charge in [-0.25, -0.2) is 9.89 Å². The maximum absolute atomic E-state index is 11.8. The topological polar surface area (TPSA) is 99.9 Å². The van der Waals surface area contributed by atoms with Crippen LogP contribution in [0.15, 0.2) is 29.1 Å². The lowest BCUT2D eigenvalue weighted by Gasteiger charge is -2.14. The minimum atomic E-state index is -0.515. The van der Waals surface area contributed by atoms with Gasteiger partial charge in [-0.2, -0.15) is 0 Å². The van der Waals surface area contributed by atoms with Gasteiger partial charge >= 0.3 is 5.69 Å². The highest BCUT2D eigenvalue weighted by molar-refractivity contribution is 5.90. The third-order valence-corrected chi connectivity index (χ3v) is 2.49. The molecule has 0 aliphatic rings. The zero-order valence-electron chi connectivity index (χ0n) is 11.3. The molecule has 0 radical (unpaired) electrons. The zero-order chi connectivity index (χ0) is 14.5. The van der Waals surface area contributed by atoms with Crippen LogP contribution in [0, 0.1) is 0 Å². The number of aromatic nitrogens is 3. The van der Waals surface area contributed by atoms with Gasteiger partial charge in [0.1, 0.15) is 5.75 Å². The minimum Gasteiger partial charge on any atom is -0.491 e. The molecule has 1 amide bonds. The Morgan fingerprint density at radius 3 is 2.80 bits per heavy atom. The SMILES string of the molecule is CC(C)Oc1ccccc1CNC(=O)c1n[nH]c(=O)[nH]1. The predicted molar refractivity (Wildman–Crippen MR) is 72.6 cm³/mol. The van der Waals surface area contributed by atoms with E-state index in [0.29, 0.717) is 0 Å². The Morgan fingerprint density at radius 1 is 1.40 bits per heavy atom. The van der Waals surface area contributed by atoms with Gasteiger partial charge in [-0.1, -0.05) is 18.2 Å². The summed E-state index contributed by atoms with van der Waals surface area (Å²) in [5.41, 5.74) is 0.339. The van der Waals surface area contributed by atoms with Crippen molar-refractivity contribution in [1.29, 1.82) is 0 Å². The first kappa shape index (κ1) is 13.9. The molecule has 0 unspecified atom stereocenters. The molecule has 1 aromatic carbocycles. The van der Waals surface area contributed by atoms with Gasteiger partial charge in [0, 0.05) is 12.1 Å². The van der Waals surface area contributed by atoms with Crippen LogP contribution in [-0.4, -0.2) is 27.2 Å². The molecule has 1 heterocycles. The largest absolute Gasteiger partial charge is 0.491 e. The first-order chi connectivity index (χ1) is 9.56. The van der Waals surface area contributed by atoms with Crippen LogP contribution in [-0.2, 0) is 6.54 Å². The average Bonchev–Trinajstić information content (AvgIpc) is 2.83. The van der Waals surface area contributed by atoms with E-state index in [2.05, 4.69) is 20.5 Å². The smallest absolute Gasteiger partial charge is 0.341 e. The number of nitrogens with one attached hydrogen (secondary N) is 3. The molecular formula is C13H16N4O3. The van der Waals surface area contributed by atoms with E-state index in [1.54, 1.807) is 0 Å². The lowest BCUT2D eigenvalue weighted by Crippen LogP contribution is -2.25. The van der Waals surface area contributed by atoms with Crippen LogP contribution in [0.4, 0.5) is 0 Å². The molecule has 0 bridgehead atoms. The Hall–Kier alpha value is -2.57. The van der Waals surface area contributed by atoms with E-state index in [0.717, 1.165) is 11.3 Å². The van der Waals surface area contributed by atoms with Gasteiger partial charge in [-0.05, 0) is 19.9 Å². The number of nitrogens with zero attached hydrogens (tertiary/aromatic N) is 1. The van der Waals surface area contributed by atoms with Crippen LogP contribution in [0.2, 0.25) is 0 Å². The number of para-hydroxylation sites is 1. The number of rotatable bonds is 5. The molecule has 0 saturated carbocycles. The summed E-state index contributed by atoms with van der Waals surface area (Å²) in [5, 5.41) is 8.37. The van der Waals surface area contributed by atoms with Gasteiger partial charge in [0.15, 0.2) is 0 Å². The molecule has 0 saturated heterocycles. The Bertz CT molecular complexity index is 645. The van der Waals surface area contributed by atoms with Crippen molar-refractivity contribution in [2.24, 2.45) is 0 Å². The van der Waals surface area contributed by atoms with Gasteiger partial charge in [-0.3, -0.25) is 9.78 Å². The Labute approximate surface area is 115 Å². The molecule has 0 fully saturated rings. The second-order valence-corrected chi connectivity index (χ2v) is 4.48. The van der Waals surface area contributed by atoms with E-state index in [9.17, 15) is 9.59 Å². The molecule has 0 aliphatic heterocycles. The first-order valence-electron chi connectivity index (χ1n) is 6.23. The molecule has 0 aliphatic carbocycles. The van der Waals surface area contributed by atoms with Crippen molar-refractivity contribution in [3.8, 4) is 5.75 Å². The van der Waals surface area contributed by atoms with Crippen LogP contribution >= 0.6 is 0 Å². The summed E-state index contributed by atoms with van der Waals surface area (Å²) in [5.74, 6) is 0.221. The fourth-order valence-corrected chi connectivity index (χ4v) is 1.66. The summed E-state index contributed by atoms with van der Waals surface area (Å²) in [6.45, 7) is 4.16. The third kappa shape index (κ3) is 3.47. The summed E-state index contributed by atoms with van der Waals surface area (Å²) in [6.07, 6.45) is 0.0505. The number of carbonyl (C=O) groups is 1. The number of benzene rings is 1. The lowest BCUT2D eigenvalue weighted by atomic mass is 10.2. The van der Waals surface area contributed by atoms with Crippen LogP contribution in [0.3, 0.4) is 0 Å². The molecule has 7 nitrogen and oxygen atoms in total. The van der Waals surface area contributed by atoms with Gasteiger partial charge in [-0.15, -0.1) is 5.10 Å². The minimum absolute atomic E-state index is 0.0442. The van der Waals surface area contributed by atoms with E-state index < -0.39 is 11.6 Å². The number of hydrogen-bond donors (Lipinski definition) is 3. The number of aromatic amines is 2. The van der Waals surface area contributed by atoms with Crippen molar-refractivity contribution in [3.05, 3.63) is 46.1 Å². The average molecular weight is 276 g/mol. The van der Waals surface area contributed by atoms with Gasteiger partial charge in [0.05, 0.1) is 6.10 Å². The summed E-state index contributed by atoms with van der Waals surface area (Å²) in [6, 6.07) is 7.45. The van der Waals surface area contributed by atoms with Crippen LogP contribution in [0.25, 0.3) is 0 Å². The van der Waals surface area contributed by atoms with Gasteiger partial charge < -0.3 is 10.1 Å². The summed E-state index contributed by atoms with van der Waals surface area (Å²) < 4.78 is 5.66. The van der Waals surface area contributed by atoms with E-state index in [1.807, 2.05) is 38.1 Å². The molecule has 3 N–H and O–H groups in total. The monoisotopic (exact) mass is 276 g/mol. The molecule has 0 atom stereocenters. The highest BCUT2D eigenvalue weighted by Gasteiger charge is 2.11. The van der Waals surface area contributed by atoms with Crippen molar-refractivity contribution in [3.63, 3.8) is 0 Å². The van der Waals surface area contributed by atoms with E-state index in [4.69, 9.17) is 4.74 Å². The van der Waals surface area contributed by atoms with Gasteiger partial charge in [0.25, 0.3) is 5.91 Å². The number of hydrogen-bond acceptors (Lipinski definition) is 4. The molecular weight excluding hydrogens is 260 g/mol. The molecule has 106 valence electrons. The third-order valence-electron chi connectivity index (χ3n) is 2.49. The Kier molecular flexibility index (Phi) is 4.19. The van der Waals surface area contributed by atoms with Crippen LogP contribution in [0.1, 0.15) is 30.0 Å². The standard InChI is InChI=1S/C13H16N4O3/c1-8(2)20-10-6-4-3-5-9(10)7-14-12(18)11-15-13(19)17-16-11/h3-6,8H,7H2,1-2H3,(H,14,18)(H2,15,16,17,19). The van der Waals surface area contributed by atoms with E-state index in [-0.39, 0.29) is 18.5 Å². The fraction of sp³-hybridized carbons (Fsp3) is 0.308. The van der Waals surface area contributed by atoms with Crippen molar-refractivity contribution in [2.45, 2.75) is 26.5 Å².